The summed E-state index contributed by atoms with van der Waals surface area (Å²) in [6, 6.07) is 3.52. The molecule has 20 heavy (non-hydrogen) atoms. The highest BCUT2D eigenvalue weighted by atomic mass is 15.2. The van der Waals surface area contributed by atoms with E-state index in [2.05, 4.69) is 50.9 Å². The van der Waals surface area contributed by atoms with Gasteiger partial charge in [0.25, 0.3) is 0 Å². The van der Waals surface area contributed by atoms with E-state index in [0.29, 0.717) is 12.0 Å². The van der Waals surface area contributed by atoms with E-state index >= 15 is 0 Å². The number of rotatable bonds is 7. The molecule has 0 unspecified atom stereocenters. The number of hydrogen-bond acceptors (Lipinski definition) is 3. The van der Waals surface area contributed by atoms with Crippen LogP contribution in [0.5, 0.6) is 0 Å². The predicted octanol–water partition coefficient (Wildman–Crippen LogP) is 3.51. The lowest BCUT2D eigenvalue weighted by atomic mass is 10.1. The first-order valence-electron chi connectivity index (χ1n) is 7.93. The zero-order valence-corrected chi connectivity index (χ0v) is 13.6. The van der Waals surface area contributed by atoms with Crippen molar-refractivity contribution in [2.24, 2.45) is 5.92 Å². The molecular weight excluding hydrogens is 246 g/mol. The van der Waals surface area contributed by atoms with Gasteiger partial charge in [0.15, 0.2) is 0 Å². The number of nitrogens with one attached hydrogen (secondary N) is 1. The van der Waals surface area contributed by atoms with Crippen molar-refractivity contribution in [3.63, 3.8) is 0 Å². The average Bonchev–Trinajstić information content (AvgIpc) is 3.18. The molecule has 0 spiro atoms. The van der Waals surface area contributed by atoms with Gasteiger partial charge in [-0.25, -0.2) is 4.98 Å². The fourth-order valence-electron chi connectivity index (χ4n) is 2.53. The van der Waals surface area contributed by atoms with Crippen LogP contribution in [0.25, 0.3) is 0 Å². The fourth-order valence-corrected chi connectivity index (χ4v) is 2.53. The topological polar surface area (TPSA) is 28.2 Å². The molecule has 0 bridgehead atoms. The third-order valence-electron chi connectivity index (χ3n) is 3.64. The van der Waals surface area contributed by atoms with E-state index in [9.17, 15) is 0 Å². The first kappa shape index (κ1) is 15.3. The van der Waals surface area contributed by atoms with Crippen LogP contribution in [0.3, 0.4) is 0 Å². The summed E-state index contributed by atoms with van der Waals surface area (Å²) in [7, 11) is 0. The van der Waals surface area contributed by atoms with Crippen LogP contribution in [-0.2, 0) is 6.54 Å². The Balaban J connectivity index is 2.10. The van der Waals surface area contributed by atoms with Gasteiger partial charge in [-0.15, -0.1) is 0 Å². The molecule has 0 saturated heterocycles. The van der Waals surface area contributed by atoms with Crippen LogP contribution < -0.4 is 10.2 Å². The monoisotopic (exact) mass is 275 g/mol. The minimum atomic E-state index is 0.513. The normalized spacial score (nSPS) is 15.2. The summed E-state index contributed by atoms with van der Waals surface area (Å²) in [5, 5.41) is 3.45. The van der Waals surface area contributed by atoms with Gasteiger partial charge in [-0.2, -0.15) is 0 Å². The lowest BCUT2D eigenvalue weighted by Crippen LogP contribution is -2.31. The summed E-state index contributed by atoms with van der Waals surface area (Å²) in [6.07, 6.45) is 4.68. The molecule has 1 N–H and O–H groups in total. The van der Waals surface area contributed by atoms with Gasteiger partial charge in [0.05, 0.1) is 0 Å². The van der Waals surface area contributed by atoms with Crippen molar-refractivity contribution in [2.45, 2.75) is 66.1 Å². The van der Waals surface area contributed by atoms with Gasteiger partial charge in [-0.05, 0) is 42.9 Å². The van der Waals surface area contributed by atoms with E-state index in [0.717, 1.165) is 19.1 Å². The summed E-state index contributed by atoms with van der Waals surface area (Å²) in [4.78, 5) is 7.27. The smallest absolute Gasteiger partial charge is 0.131 e. The van der Waals surface area contributed by atoms with Crippen molar-refractivity contribution in [1.29, 1.82) is 0 Å². The van der Waals surface area contributed by atoms with Gasteiger partial charge in [-0.3, -0.25) is 0 Å². The van der Waals surface area contributed by atoms with Crippen molar-refractivity contribution < 1.29 is 0 Å². The van der Waals surface area contributed by atoms with Crippen LogP contribution in [0.2, 0.25) is 0 Å². The van der Waals surface area contributed by atoms with Gasteiger partial charge in [0.2, 0.25) is 0 Å². The molecule has 112 valence electrons. The zero-order chi connectivity index (χ0) is 14.7. The summed E-state index contributed by atoms with van der Waals surface area (Å²) in [6.45, 7) is 13.1. The summed E-state index contributed by atoms with van der Waals surface area (Å²) < 4.78 is 0. The van der Waals surface area contributed by atoms with Crippen molar-refractivity contribution >= 4 is 5.82 Å². The van der Waals surface area contributed by atoms with Gasteiger partial charge in [0.1, 0.15) is 5.82 Å². The molecule has 1 aliphatic carbocycles. The summed E-state index contributed by atoms with van der Waals surface area (Å²) in [5.41, 5.74) is 2.58. The molecular formula is C17H29N3. The Morgan fingerprint density at radius 3 is 2.50 bits per heavy atom. The van der Waals surface area contributed by atoms with Crippen LogP contribution in [0.4, 0.5) is 5.82 Å². The molecule has 1 aromatic heterocycles. The van der Waals surface area contributed by atoms with Gasteiger partial charge in [0, 0.05) is 31.4 Å². The van der Waals surface area contributed by atoms with E-state index in [4.69, 9.17) is 4.98 Å². The van der Waals surface area contributed by atoms with Crippen LogP contribution in [0.15, 0.2) is 12.3 Å². The summed E-state index contributed by atoms with van der Waals surface area (Å²) in [5.74, 6) is 1.87. The SMILES string of the molecule is Cc1cc(CNC(C)C)cnc1N(CC(C)C)C1CC1. The molecule has 3 heteroatoms. The molecule has 1 heterocycles. The number of aromatic nitrogens is 1. The number of hydrogen-bond donors (Lipinski definition) is 1. The Bertz CT molecular complexity index is 436. The quantitative estimate of drug-likeness (QED) is 0.825. The molecule has 0 amide bonds. The van der Waals surface area contributed by atoms with Crippen molar-refractivity contribution in [3.05, 3.63) is 23.4 Å². The number of pyridine rings is 1. The Hall–Kier alpha value is -1.09. The molecule has 0 atom stereocenters. The molecule has 1 aromatic rings. The second kappa shape index (κ2) is 6.57. The Morgan fingerprint density at radius 2 is 2.00 bits per heavy atom. The Labute approximate surface area is 123 Å². The molecule has 1 saturated carbocycles. The van der Waals surface area contributed by atoms with Crippen molar-refractivity contribution in [3.8, 4) is 0 Å². The molecule has 1 aliphatic rings. The van der Waals surface area contributed by atoms with Gasteiger partial charge >= 0.3 is 0 Å². The predicted molar refractivity (Wildman–Crippen MR) is 86.2 cm³/mol. The van der Waals surface area contributed by atoms with E-state index in [1.165, 1.54) is 29.8 Å². The summed E-state index contributed by atoms with van der Waals surface area (Å²) >= 11 is 0. The highest BCUT2D eigenvalue weighted by molar-refractivity contribution is 5.49. The minimum Gasteiger partial charge on any atom is -0.353 e. The fraction of sp³-hybridized carbons (Fsp3) is 0.706. The van der Waals surface area contributed by atoms with E-state index in [1.807, 2.05) is 6.20 Å². The minimum absolute atomic E-state index is 0.513. The second-order valence-corrected chi connectivity index (χ2v) is 6.80. The second-order valence-electron chi connectivity index (χ2n) is 6.80. The highest BCUT2D eigenvalue weighted by Gasteiger charge is 2.31. The van der Waals surface area contributed by atoms with Gasteiger partial charge in [-0.1, -0.05) is 27.7 Å². The molecule has 2 rings (SSSR count). The lowest BCUT2D eigenvalue weighted by Gasteiger charge is -2.27. The van der Waals surface area contributed by atoms with Crippen molar-refractivity contribution in [2.75, 3.05) is 11.4 Å². The third kappa shape index (κ3) is 4.20. The van der Waals surface area contributed by atoms with Gasteiger partial charge < -0.3 is 10.2 Å². The number of aryl methyl sites for hydroxylation is 1. The Morgan fingerprint density at radius 1 is 1.30 bits per heavy atom. The molecule has 0 radical (unpaired) electrons. The van der Waals surface area contributed by atoms with Crippen molar-refractivity contribution in [1.82, 2.24) is 10.3 Å². The first-order chi connectivity index (χ1) is 9.47. The standard InChI is InChI=1S/C17H29N3/c1-12(2)11-20(16-6-7-16)17-14(5)8-15(10-19-17)9-18-13(3)4/h8,10,12-13,16,18H,6-7,9,11H2,1-5H3. The van der Waals surface area contributed by atoms with Crippen LogP contribution in [0.1, 0.15) is 51.7 Å². The number of anilines is 1. The maximum atomic E-state index is 4.76. The molecule has 1 fully saturated rings. The highest BCUT2D eigenvalue weighted by Crippen LogP contribution is 2.33. The van der Waals surface area contributed by atoms with Crippen LogP contribution in [-0.4, -0.2) is 23.6 Å². The Kier molecular flexibility index (Phi) is 5.03. The first-order valence-corrected chi connectivity index (χ1v) is 7.93. The largest absolute Gasteiger partial charge is 0.353 e. The van der Waals surface area contributed by atoms with E-state index < -0.39 is 0 Å². The van der Waals surface area contributed by atoms with E-state index in [-0.39, 0.29) is 0 Å². The lowest BCUT2D eigenvalue weighted by molar-refractivity contribution is 0.585. The maximum absolute atomic E-state index is 4.76. The average molecular weight is 275 g/mol. The molecule has 3 nitrogen and oxygen atoms in total. The molecule has 0 aliphatic heterocycles. The zero-order valence-electron chi connectivity index (χ0n) is 13.6. The number of nitrogens with zero attached hydrogens (tertiary/aromatic N) is 2. The molecule has 0 aromatic carbocycles. The van der Waals surface area contributed by atoms with Crippen LogP contribution >= 0.6 is 0 Å². The van der Waals surface area contributed by atoms with Crippen LogP contribution in [0, 0.1) is 12.8 Å². The maximum Gasteiger partial charge on any atom is 0.131 e. The third-order valence-corrected chi connectivity index (χ3v) is 3.64. The van der Waals surface area contributed by atoms with E-state index in [1.54, 1.807) is 0 Å².